The zero-order chi connectivity index (χ0) is 30.4. The minimum absolute atomic E-state index is 0.0974. The number of aliphatic hydroxyl groups excluding tert-OH is 1. The van der Waals surface area contributed by atoms with Crippen LogP contribution < -0.4 is 20.6 Å². The van der Waals surface area contributed by atoms with Crippen LogP contribution in [0.4, 0.5) is 15.0 Å². The number of ether oxygens (including phenoxy) is 3. The minimum atomic E-state index is -4.34. The molecule has 2 heterocycles. The number of carbonyl (C=O) groups is 2. The number of alkyl halides is 1. The van der Waals surface area contributed by atoms with Crippen molar-refractivity contribution < 1.29 is 46.9 Å². The number of carbonyl (C=O) groups excluding carboxylic acids is 2. The maximum absolute atomic E-state index is 15.7. The summed E-state index contributed by atoms with van der Waals surface area (Å²) >= 11 is 0. The van der Waals surface area contributed by atoms with E-state index in [2.05, 4.69) is 15.4 Å². The third-order valence-corrected chi connectivity index (χ3v) is 7.38. The van der Waals surface area contributed by atoms with Crippen LogP contribution in [0, 0.1) is 0 Å². The monoisotopic (exact) mass is 600 g/mol. The Morgan fingerprint density at radius 3 is 2.54 bits per heavy atom. The number of para-hydroxylation sites is 1. The molecule has 2 aromatic rings. The summed E-state index contributed by atoms with van der Waals surface area (Å²) in [4.78, 5) is 40.2. The molecule has 0 radical (unpaired) electrons. The molecule has 1 aromatic heterocycles. The Hall–Kier alpha value is -3.36. The molecule has 0 saturated carbocycles. The normalized spacial score (nSPS) is 24.3. The van der Waals surface area contributed by atoms with E-state index in [1.54, 1.807) is 39.0 Å². The molecule has 0 unspecified atom stereocenters. The molecule has 226 valence electrons. The predicted molar refractivity (Wildman–Crippen MR) is 143 cm³/mol. The van der Waals surface area contributed by atoms with E-state index in [0.717, 1.165) is 17.7 Å². The lowest BCUT2D eigenvalue weighted by Crippen LogP contribution is -2.43. The number of nitrogens with zero attached hydrogens (tertiary/aromatic N) is 2. The number of halogens is 1. The van der Waals surface area contributed by atoms with Crippen LogP contribution in [0.15, 0.2) is 47.4 Å². The molecule has 1 aliphatic heterocycles. The largest absolute Gasteiger partial charge is 0.462 e. The van der Waals surface area contributed by atoms with Gasteiger partial charge in [0.1, 0.15) is 29.8 Å². The van der Waals surface area contributed by atoms with Crippen molar-refractivity contribution >= 4 is 25.6 Å². The molecule has 41 heavy (non-hydrogen) atoms. The maximum Gasteiger partial charge on any atom is 0.459 e. The molecule has 0 bridgehead atoms. The van der Waals surface area contributed by atoms with Gasteiger partial charge in [0, 0.05) is 6.20 Å². The molecule has 0 aliphatic carbocycles. The average Bonchev–Trinajstić information content (AvgIpc) is 3.11. The molecule has 1 saturated heterocycles. The van der Waals surface area contributed by atoms with Crippen LogP contribution in [-0.2, 0) is 28.1 Å². The molecule has 1 aromatic carbocycles. The highest BCUT2D eigenvalue weighted by Crippen LogP contribution is 2.47. The summed E-state index contributed by atoms with van der Waals surface area (Å²) in [5.41, 5.74) is -3.51. The molecule has 3 N–H and O–H groups in total. The number of nitrogens with one attached hydrogen (secondary N) is 2. The Labute approximate surface area is 235 Å². The minimum Gasteiger partial charge on any atom is -0.462 e. The predicted octanol–water partition coefficient (Wildman–Crippen LogP) is 2.93. The highest BCUT2D eigenvalue weighted by Gasteiger charge is 2.56. The first-order valence-electron chi connectivity index (χ1n) is 12.8. The molecule has 0 spiro atoms. The molecular weight excluding hydrogens is 566 g/mol. The first kappa shape index (κ1) is 32.2. The standard InChI is InChI=1S/C25H34FN4O10P/c1-6-36-24(34)28-19-12-13-30(23(33)27-19)22-25(5,26)20(31)18(39-22)14-37-41(35,40-17-10-8-7-9-11-17)29-16(4)21(32)38-15(2)3/h7-13,15-16,18,20,22,31H,6,14H2,1-5H3,(H,29,35)(H,27,28,33,34)/t16-,18+,20+,22+,25+,41-/m0/s1. The molecule has 16 heteroatoms. The third-order valence-electron chi connectivity index (χ3n) is 5.74. The summed E-state index contributed by atoms with van der Waals surface area (Å²) in [7, 11) is -4.34. The fourth-order valence-electron chi connectivity index (χ4n) is 3.79. The Bertz CT molecular complexity index is 1310. The summed E-state index contributed by atoms with van der Waals surface area (Å²) in [6, 6.07) is 8.05. The Morgan fingerprint density at radius 2 is 1.93 bits per heavy atom. The van der Waals surface area contributed by atoms with Gasteiger partial charge in [0.05, 0.1) is 19.3 Å². The van der Waals surface area contributed by atoms with E-state index in [0.29, 0.717) is 0 Å². The van der Waals surface area contributed by atoms with Crippen LogP contribution >= 0.6 is 7.75 Å². The summed E-state index contributed by atoms with van der Waals surface area (Å²) in [5, 5.41) is 15.5. The van der Waals surface area contributed by atoms with Gasteiger partial charge in [0.15, 0.2) is 11.9 Å². The highest BCUT2D eigenvalue weighted by molar-refractivity contribution is 7.52. The topological polar surface area (TPSA) is 177 Å². The third kappa shape index (κ3) is 8.33. The molecule has 1 amide bonds. The van der Waals surface area contributed by atoms with E-state index in [9.17, 15) is 24.1 Å². The number of hydrogen-bond donors (Lipinski definition) is 3. The van der Waals surface area contributed by atoms with E-state index in [1.165, 1.54) is 25.1 Å². The maximum atomic E-state index is 15.7. The van der Waals surface area contributed by atoms with Crippen molar-refractivity contribution in [2.24, 2.45) is 0 Å². The molecular formula is C25H34FN4O10P. The SMILES string of the molecule is CCOC(=O)Nc1ccn([C@@H]2O[C@H](CO[P@@](=O)(N[C@@H](C)C(=O)OC(C)C)Oc3ccccc3)[C@@H](O)[C@@]2(C)F)c(=O)n1. The molecule has 6 atom stereocenters. The summed E-state index contributed by atoms with van der Waals surface area (Å²) in [5.74, 6) is -0.719. The molecule has 3 rings (SSSR count). The van der Waals surface area contributed by atoms with Crippen molar-refractivity contribution in [3.63, 3.8) is 0 Å². The summed E-state index contributed by atoms with van der Waals surface area (Å²) < 4.78 is 56.7. The van der Waals surface area contributed by atoms with Crippen molar-refractivity contribution in [2.75, 3.05) is 18.5 Å². The number of rotatable bonds is 12. The van der Waals surface area contributed by atoms with Gasteiger partial charge in [-0.05, 0) is 52.8 Å². The number of benzene rings is 1. The first-order chi connectivity index (χ1) is 19.3. The first-order valence-corrected chi connectivity index (χ1v) is 14.3. The number of anilines is 1. The molecule has 14 nitrogen and oxygen atoms in total. The smallest absolute Gasteiger partial charge is 0.459 e. The van der Waals surface area contributed by atoms with Gasteiger partial charge in [-0.2, -0.15) is 10.1 Å². The van der Waals surface area contributed by atoms with Gasteiger partial charge in [-0.3, -0.25) is 19.2 Å². The van der Waals surface area contributed by atoms with E-state index in [-0.39, 0.29) is 18.2 Å². The number of hydrogen-bond acceptors (Lipinski definition) is 11. The lowest BCUT2D eigenvalue weighted by atomic mass is 9.98. The summed E-state index contributed by atoms with van der Waals surface area (Å²) in [6.45, 7) is 6.74. The highest BCUT2D eigenvalue weighted by atomic mass is 31.2. The summed E-state index contributed by atoms with van der Waals surface area (Å²) in [6.07, 6.45) is -5.07. The van der Waals surface area contributed by atoms with Crippen molar-refractivity contribution in [1.82, 2.24) is 14.6 Å². The van der Waals surface area contributed by atoms with Crippen molar-refractivity contribution in [3.05, 3.63) is 53.1 Å². The fourth-order valence-corrected chi connectivity index (χ4v) is 5.29. The molecule has 1 fully saturated rings. The van der Waals surface area contributed by atoms with E-state index >= 15 is 4.39 Å². The second-order valence-corrected chi connectivity index (χ2v) is 11.2. The lowest BCUT2D eigenvalue weighted by molar-refractivity contribution is -0.149. The zero-order valence-electron chi connectivity index (χ0n) is 23.2. The number of aromatic nitrogens is 2. The Kier molecular flexibility index (Phi) is 10.6. The van der Waals surface area contributed by atoms with Crippen molar-refractivity contribution in [2.45, 2.75) is 70.9 Å². The van der Waals surface area contributed by atoms with Crippen molar-refractivity contribution in [1.29, 1.82) is 0 Å². The average molecular weight is 601 g/mol. The van der Waals surface area contributed by atoms with E-state index < -0.39 is 68.4 Å². The molecule has 1 aliphatic rings. The van der Waals surface area contributed by atoms with E-state index in [4.69, 9.17) is 23.3 Å². The second-order valence-electron chi connectivity index (χ2n) is 9.51. The zero-order valence-corrected chi connectivity index (χ0v) is 24.1. The van der Waals surface area contributed by atoms with Gasteiger partial charge in [0.2, 0.25) is 0 Å². The van der Waals surface area contributed by atoms with Crippen LogP contribution in [0.5, 0.6) is 5.75 Å². The van der Waals surface area contributed by atoms with E-state index in [1.807, 2.05) is 0 Å². The lowest BCUT2D eigenvalue weighted by Gasteiger charge is -2.25. The van der Waals surface area contributed by atoms with Gasteiger partial charge in [-0.1, -0.05) is 18.2 Å². The number of amides is 1. The van der Waals surface area contributed by atoms with Crippen molar-refractivity contribution in [3.8, 4) is 5.75 Å². The number of esters is 1. The van der Waals surface area contributed by atoms with Gasteiger partial charge < -0.3 is 23.8 Å². The van der Waals surface area contributed by atoms with Crippen LogP contribution in [0.3, 0.4) is 0 Å². The van der Waals surface area contributed by atoms with Crippen LogP contribution in [0.1, 0.15) is 40.8 Å². The van der Waals surface area contributed by atoms with Crippen LogP contribution in [0.2, 0.25) is 0 Å². The van der Waals surface area contributed by atoms with Crippen LogP contribution in [-0.4, -0.2) is 70.0 Å². The Morgan fingerprint density at radius 1 is 1.24 bits per heavy atom. The quantitative estimate of drug-likeness (QED) is 0.240. The second kappa shape index (κ2) is 13.5. The number of aliphatic hydroxyl groups is 1. The van der Waals surface area contributed by atoms with Gasteiger partial charge in [-0.25, -0.2) is 18.5 Å². The fraction of sp³-hybridized carbons (Fsp3) is 0.520. The van der Waals surface area contributed by atoms with Crippen LogP contribution in [0.25, 0.3) is 0 Å². The van der Waals surface area contributed by atoms with Gasteiger partial charge >= 0.3 is 25.5 Å². The van der Waals surface area contributed by atoms with Gasteiger partial charge in [-0.15, -0.1) is 0 Å². The Balaban J connectivity index is 1.78. The van der Waals surface area contributed by atoms with Gasteiger partial charge in [0.25, 0.3) is 0 Å².